The Bertz CT molecular complexity index is 1030. The van der Waals surface area contributed by atoms with Gasteiger partial charge in [0.05, 0.1) is 6.04 Å². The van der Waals surface area contributed by atoms with Gasteiger partial charge in [0.1, 0.15) is 5.00 Å². The second-order valence-electron chi connectivity index (χ2n) is 7.93. The number of anilines is 1. The molecule has 1 aliphatic heterocycles. The van der Waals surface area contributed by atoms with Gasteiger partial charge in [0.15, 0.2) is 0 Å². The summed E-state index contributed by atoms with van der Waals surface area (Å²) in [4.78, 5) is 19.1. The number of likely N-dealkylation sites (N-methyl/N-ethyl adjacent to an activating group) is 1. The number of benzene rings is 2. The van der Waals surface area contributed by atoms with Gasteiger partial charge in [-0.05, 0) is 43.3 Å². The molecule has 4 nitrogen and oxygen atoms in total. The molecule has 2 aromatic carbocycles. The van der Waals surface area contributed by atoms with Crippen LogP contribution < -0.4 is 5.32 Å². The molecule has 1 aromatic heterocycles. The molecule has 1 amide bonds. The number of piperazine rings is 1. The predicted octanol–water partition coefficient (Wildman–Crippen LogP) is 5.55. The van der Waals surface area contributed by atoms with E-state index in [9.17, 15) is 4.79 Å². The predicted molar refractivity (Wildman–Crippen MR) is 130 cm³/mol. The number of hydrogen-bond donors (Lipinski definition) is 1. The summed E-state index contributed by atoms with van der Waals surface area (Å²) in [6.45, 7) is 6.08. The van der Waals surface area contributed by atoms with Crippen molar-refractivity contribution < 1.29 is 4.79 Å². The third kappa shape index (κ3) is 5.01. The van der Waals surface area contributed by atoms with E-state index in [1.54, 1.807) is 11.3 Å². The van der Waals surface area contributed by atoms with Gasteiger partial charge in [0, 0.05) is 47.2 Å². The Morgan fingerprint density at radius 2 is 1.71 bits per heavy atom. The Kier molecular flexibility index (Phi) is 7.08. The molecule has 1 N–H and O–H groups in total. The van der Waals surface area contributed by atoms with E-state index in [2.05, 4.69) is 41.2 Å². The smallest absolute Gasteiger partial charge is 0.256 e. The number of thiophene rings is 1. The van der Waals surface area contributed by atoms with Crippen molar-refractivity contribution in [3.05, 3.63) is 87.3 Å². The fraction of sp³-hybridized carbons (Fsp3) is 0.320. The number of nitrogens with zero attached hydrogens (tertiary/aromatic N) is 2. The van der Waals surface area contributed by atoms with Gasteiger partial charge in [0.2, 0.25) is 0 Å². The van der Waals surface area contributed by atoms with Crippen molar-refractivity contribution in [2.75, 3.05) is 38.5 Å². The number of carbonyl (C=O) groups excluding carboxylic acids is 1. The van der Waals surface area contributed by atoms with E-state index >= 15 is 0 Å². The van der Waals surface area contributed by atoms with Crippen LogP contribution in [0, 0.1) is 0 Å². The van der Waals surface area contributed by atoms with Crippen LogP contribution in [0.15, 0.2) is 60.7 Å². The standard InChI is InChI=1S/C25H28ClN3OS/c1-3-19-17-21(25(31-19)27-24(30)18-9-5-4-6-10-18)23(20-11-7-8-12-22(20)26)29-15-13-28(2)14-16-29/h4-12,17,23H,3,13-16H2,1-2H3,(H,27,30)/t23-/m1/s1. The molecule has 0 saturated carbocycles. The maximum Gasteiger partial charge on any atom is 0.256 e. The summed E-state index contributed by atoms with van der Waals surface area (Å²) in [5.41, 5.74) is 2.88. The maximum atomic E-state index is 13.0. The molecule has 0 bridgehead atoms. The highest BCUT2D eigenvalue weighted by Gasteiger charge is 2.30. The first-order valence-corrected chi connectivity index (χ1v) is 11.9. The molecule has 1 aliphatic rings. The molecule has 6 heteroatoms. The van der Waals surface area contributed by atoms with E-state index in [4.69, 9.17) is 11.6 Å². The molecule has 0 spiro atoms. The fourth-order valence-corrected chi connectivity index (χ4v) is 5.30. The lowest BCUT2D eigenvalue weighted by molar-refractivity contribution is 0.102. The molecular weight excluding hydrogens is 426 g/mol. The maximum absolute atomic E-state index is 13.0. The van der Waals surface area contributed by atoms with Crippen molar-refractivity contribution in [2.24, 2.45) is 0 Å². The molecule has 162 valence electrons. The van der Waals surface area contributed by atoms with Gasteiger partial charge < -0.3 is 10.2 Å². The van der Waals surface area contributed by atoms with Gasteiger partial charge in [-0.3, -0.25) is 9.69 Å². The number of rotatable bonds is 6. The van der Waals surface area contributed by atoms with Crippen molar-refractivity contribution in [3.63, 3.8) is 0 Å². The minimum absolute atomic E-state index is 0.00465. The first kappa shape index (κ1) is 22.0. The average molecular weight is 454 g/mol. The molecule has 0 unspecified atom stereocenters. The highest BCUT2D eigenvalue weighted by Crippen LogP contribution is 2.41. The average Bonchev–Trinajstić information content (AvgIpc) is 3.19. The van der Waals surface area contributed by atoms with Crippen LogP contribution in [-0.4, -0.2) is 48.9 Å². The Labute approximate surface area is 193 Å². The lowest BCUT2D eigenvalue weighted by Crippen LogP contribution is -2.46. The lowest BCUT2D eigenvalue weighted by Gasteiger charge is -2.38. The van der Waals surface area contributed by atoms with E-state index in [-0.39, 0.29) is 11.9 Å². The second kappa shape index (κ2) is 9.96. The van der Waals surface area contributed by atoms with Gasteiger partial charge >= 0.3 is 0 Å². The molecule has 1 atom stereocenters. The van der Waals surface area contributed by atoms with E-state index in [0.717, 1.165) is 53.8 Å². The van der Waals surface area contributed by atoms with E-state index in [1.807, 2.05) is 48.5 Å². The number of aryl methyl sites for hydroxylation is 1. The van der Waals surface area contributed by atoms with Gasteiger partial charge in [-0.15, -0.1) is 11.3 Å². The lowest BCUT2D eigenvalue weighted by atomic mass is 9.97. The summed E-state index contributed by atoms with van der Waals surface area (Å²) in [5.74, 6) is -0.0809. The van der Waals surface area contributed by atoms with Crippen LogP contribution in [-0.2, 0) is 6.42 Å². The summed E-state index contributed by atoms with van der Waals surface area (Å²) < 4.78 is 0. The van der Waals surface area contributed by atoms with Gasteiger partial charge in [-0.25, -0.2) is 0 Å². The Hall–Kier alpha value is -2.18. The number of hydrogen-bond acceptors (Lipinski definition) is 4. The largest absolute Gasteiger partial charge is 0.313 e. The van der Waals surface area contributed by atoms with Crippen molar-refractivity contribution in [1.29, 1.82) is 0 Å². The first-order chi connectivity index (χ1) is 15.1. The Balaban J connectivity index is 1.75. The summed E-state index contributed by atoms with van der Waals surface area (Å²) in [5, 5.41) is 4.87. The Morgan fingerprint density at radius 3 is 2.39 bits per heavy atom. The van der Waals surface area contributed by atoms with Crippen LogP contribution in [0.1, 0.15) is 39.3 Å². The molecular formula is C25H28ClN3OS. The van der Waals surface area contributed by atoms with Crippen LogP contribution in [0.2, 0.25) is 5.02 Å². The van der Waals surface area contributed by atoms with Crippen molar-refractivity contribution in [1.82, 2.24) is 9.80 Å². The monoisotopic (exact) mass is 453 g/mol. The quantitative estimate of drug-likeness (QED) is 0.531. The van der Waals surface area contributed by atoms with Crippen molar-refractivity contribution in [3.8, 4) is 0 Å². The highest BCUT2D eigenvalue weighted by atomic mass is 35.5. The summed E-state index contributed by atoms with van der Waals surface area (Å²) in [7, 11) is 2.16. The second-order valence-corrected chi connectivity index (χ2v) is 9.48. The molecule has 4 rings (SSSR count). The van der Waals surface area contributed by atoms with Crippen LogP contribution in [0.4, 0.5) is 5.00 Å². The molecule has 31 heavy (non-hydrogen) atoms. The summed E-state index contributed by atoms with van der Waals surface area (Å²) in [6.07, 6.45) is 0.927. The van der Waals surface area contributed by atoms with Gasteiger partial charge in [-0.1, -0.05) is 54.9 Å². The number of amides is 1. The Morgan fingerprint density at radius 1 is 1.03 bits per heavy atom. The summed E-state index contributed by atoms with van der Waals surface area (Å²) in [6, 6.07) is 19.7. The molecule has 0 aliphatic carbocycles. The molecule has 0 radical (unpaired) electrons. The molecule has 2 heterocycles. The van der Waals surface area contributed by atoms with E-state index in [1.165, 1.54) is 4.88 Å². The molecule has 3 aromatic rings. The normalized spacial score (nSPS) is 16.2. The van der Waals surface area contributed by atoms with E-state index < -0.39 is 0 Å². The minimum Gasteiger partial charge on any atom is -0.313 e. The number of carbonyl (C=O) groups is 1. The van der Waals surface area contributed by atoms with Crippen LogP contribution in [0.25, 0.3) is 0 Å². The molecule has 1 fully saturated rings. The van der Waals surface area contributed by atoms with Crippen molar-refractivity contribution in [2.45, 2.75) is 19.4 Å². The third-order valence-electron chi connectivity index (χ3n) is 5.82. The highest BCUT2D eigenvalue weighted by molar-refractivity contribution is 7.16. The fourth-order valence-electron chi connectivity index (χ4n) is 4.04. The van der Waals surface area contributed by atoms with Crippen LogP contribution in [0.5, 0.6) is 0 Å². The van der Waals surface area contributed by atoms with E-state index in [0.29, 0.717) is 5.56 Å². The zero-order valence-electron chi connectivity index (χ0n) is 18.0. The van der Waals surface area contributed by atoms with Crippen LogP contribution in [0.3, 0.4) is 0 Å². The zero-order chi connectivity index (χ0) is 21.8. The zero-order valence-corrected chi connectivity index (χ0v) is 19.5. The van der Waals surface area contributed by atoms with Gasteiger partial charge in [0.25, 0.3) is 5.91 Å². The third-order valence-corrected chi connectivity index (χ3v) is 7.38. The van der Waals surface area contributed by atoms with Crippen LogP contribution >= 0.6 is 22.9 Å². The minimum atomic E-state index is -0.0809. The number of nitrogens with one attached hydrogen (secondary N) is 1. The SMILES string of the molecule is CCc1cc([C@@H](c2ccccc2Cl)N2CCN(C)CC2)c(NC(=O)c2ccccc2)s1. The number of halogens is 1. The first-order valence-electron chi connectivity index (χ1n) is 10.7. The molecule has 1 saturated heterocycles. The summed E-state index contributed by atoms with van der Waals surface area (Å²) >= 11 is 8.35. The topological polar surface area (TPSA) is 35.6 Å². The van der Waals surface area contributed by atoms with Crippen molar-refractivity contribution >= 4 is 33.8 Å². The van der Waals surface area contributed by atoms with Gasteiger partial charge in [-0.2, -0.15) is 0 Å².